The lowest BCUT2D eigenvalue weighted by molar-refractivity contribution is -0.122. The van der Waals surface area contributed by atoms with Crippen molar-refractivity contribution in [2.45, 2.75) is 19.8 Å². The predicted molar refractivity (Wildman–Crippen MR) is 105 cm³/mol. The average Bonchev–Trinajstić information content (AvgIpc) is 2.93. The van der Waals surface area contributed by atoms with E-state index in [4.69, 9.17) is 0 Å². The number of carbonyl (C=O) groups is 3. The van der Waals surface area contributed by atoms with Crippen LogP contribution in [0.2, 0.25) is 0 Å². The Kier molecular flexibility index (Phi) is 4.47. The molecule has 0 saturated carbocycles. The summed E-state index contributed by atoms with van der Waals surface area (Å²) in [5.74, 6) is -1.09. The van der Waals surface area contributed by atoms with Crippen molar-refractivity contribution in [2.24, 2.45) is 11.8 Å². The van der Waals surface area contributed by atoms with Crippen LogP contribution in [0.4, 0.5) is 11.4 Å². The van der Waals surface area contributed by atoms with Crippen LogP contribution < -0.4 is 10.2 Å². The summed E-state index contributed by atoms with van der Waals surface area (Å²) < 4.78 is 0. The summed E-state index contributed by atoms with van der Waals surface area (Å²) in [6.07, 6.45) is 3.26. The number of nitrogens with zero attached hydrogens (tertiary/aromatic N) is 1. The number of hydrogen-bond acceptors (Lipinski definition) is 4. The third kappa shape index (κ3) is 3.17. The molecule has 1 heterocycles. The zero-order chi connectivity index (χ0) is 19.8. The highest BCUT2D eigenvalue weighted by Crippen LogP contribution is 2.39. The van der Waals surface area contributed by atoms with Crippen molar-refractivity contribution in [1.82, 2.24) is 0 Å². The molecule has 0 spiro atoms. The van der Waals surface area contributed by atoms with Crippen LogP contribution >= 0.6 is 0 Å². The van der Waals surface area contributed by atoms with E-state index in [1.807, 2.05) is 13.0 Å². The summed E-state index contributed by atoms with van der Waals surface area (Å²) in [5.41, 5.74) is 2.60. The number of anilines is 2. The molecule has 1 fully saturated rings. The molecule has 4 rings (SSSR count). The van der Waals surface area contributed by atoms with E-state index in [1.165, 1.54) is 17.0 Å². The molecule has 6 heteroatoms. The third-order valence-corrected chi connectivity index (χ3v) is 5.34. The maximum atomic E-state index is 12.8. The molecule has 0 bridgehead atoms. The lowest BCUT2D eigenvalue weighted by Crippen LogP contribution is -2.30. The molecule has 2 N–H and O–H groups in total. The van der Waals surface area contributed by atoms with E-state index < -0.39 is 0 Å². The van der Waals surface area contributed by atoms with Gasteiger partial charge in [0.2, 0.25) is 11.8 Å². The fourth-order valence-electron chi connectivity index (χ4n) is 3.80. The minimum atomic E-state index is -0.315. The van der Waals surface area contributed by atoms with E-state index in [2.05, 4.69) is 5.32 Å². The highest BCUT2D eigenvalue weighted by Gasteiger charge is 2.48. The van der Waals surface area contributed by atoms with Gasteiger partial charge < -0.3 is 10.4 Å². The van der Waals surface area contributed by atoms with Crippen molar-refractivity contribution in [2.75, 3.05) is 10.2 Å². The molecule has 2 aromatic rings. The molecule has 2 atom stereocenters. The number of hydrogen-bond donors (Lipinski definition) is 2. The van der Waals surface area contributed by atoms with Crippen LogP contribution in [0.25, 0.3) is 0 Å². The zero-order valence-electron chi connectivity index (χ0n) is 15.4. The lowest BCUT2D eigenvalue weighted by atomic mass is 9.82. The monoisotopic (exact) mass is 376 g/mol. The van der Waals surface area contributed by atoms with Crippen LogP contribution in [-0.2, 0) is 9.59 Å². The number of phenols is 1. The van der Waals surface area contributed by atoms with Crippen molar-refractivity contribution in [3.05, 3.63) is 65.7 Å². The van der Waals surface area contributed by atoms with Gasteiger partial charge in [0.25, 0.3) is 5.91 Å². The molecular formula is C22H20N2O4. The van der Waals surface area contributed by atoms with E-state index in [9.17, 15) is 19.5 Å². The van der Waals surface area contributed by atoms with Gasteiger partial charge in [0.1, 0.15) is 5.75 Å². The summed E-state index contributed by atoms with van der Waals surface area (Å²) >= 11 is 0. The van der Waals surface area contributed by atoms with E-state index in [1.54, 1.807) is 36.4 Å². The van der Waals surface area contributed by atoms with Crippen molar-refractivity contribution in [3.8, 4) is 5.75 Å². The largest absolute Gasteiger partial charge is 0.508 e. The Morgan fingerprint density at radius 3 is 2.32 bits per heavy atom. The van der Waals surface area contributed by atoms with E-state index in [0.29, 0.717) is 29.8 Å². The van der Waals surface area contributed by atoms with Gasteiger partial charge in [0.15, 0.2) is 0 Å². The Morgan fingerprint density at radius 1 is 1.00 bits per heavy atom. The first-order valence-electron chi connectivity index (χ1n) is 9.18. The van der Waals surface area contributed by atoms with Crippen LogP contribution in [0.5, 0.6) is 5.75 Å². The maximum absolute atomic E-state index is 12.8. The Hall–Kier alpha value is -3.41. The van der Waals surface area contributed by atoms with Crippen LogP contribution in [-0.4, -0.2) is 22.8 Å². The first-order chi connectivity index (χ1) is 13.4. The minimum Gasteiger partial charge on any atom is -0.508 e. The predicted octanol–water partition coefficient (Wildman–Crippen LogP) is 3.49. The van der Waals surface area contributed by atoms with Gasteiger partial charge in [0, 0.05) is 11.3 Å². The topological polar surface area (TPSA) is 86.7 Å². The number of carbonyl (C=O) groups excluding carboxylic acids is 3. The van der Waals surface area contributed by atoms with Crippen LogP contribution in [0.1, 0.15) is 30.1 Å². The number of phenolic OH excluding ortho intramolecular Hbond substituents is 1. The number of fused-ring (bicyclic) bond motifs is 1. The fourth-order valence-corrected chi connectivity index (χ4v) is 3.80. The minimum absolute atomic E-state index is 0.119. The van der Waals surface area contributed by atoms with Crippen LogP contribution in [0.3, 0.4) is 0 Å². The summed E-state index contributed by atoms with van der Waals surface area (Å²) in [5, 5.41) is 12.0. The van der Waals surface area contributed by atoms with Gasteiger partial charge in [-0.2, -0.15) is 0 Å². The van der Waals surface area contributed by atoms with E-state index in [-0.39, 0.29) is 35.3 Å². The number of amides is 3. The molecular weight excluding hydrogens is 356 g/mol. The Labute approximate surface area is 162 Å². The van der Waals surface area contributed by atoms with Gasteiger partial charge in [-0.05, 0) is 68.3 Å². The number of imide groups is 1. The van der Waals surface area contributed by atoms with Crippen molar-refractivity contribution in [3.63, 3.8) is 0 Å². The molecule has 0 unspecified atom stereocenters. The average molecular weight is 376 g/mol. The van der Waals surface area contributed by atoms with Gasteiger partial charge >= 0.3 is 0 Å². The standard InChI is InChI=1S/C22H20N2O4/c1-13-2-11-18-19(12-13)22(28)24(21(18)27)16-7-3-14(4-8-16)20(26)23-15-5-9-17(25)10-6-15/h2-10,18-19,25H,11-12H2,1H3,(H,23,26)/t18-,19+/m0/s1. The van der Waals surface area contributed by atoms with E-state index in [0.717, 1.165) is 5.57 Å². The van der Waals surface area contributed by atoms with Gasteiger partial charge in [0.05, 0.1) is 17.5 Å². The second-order valence-corrected chi connectivity index (χ2v) is 7.26. The zero-order valence-corrected chi connectivity index (χ0v) is 15.4. The molecule has 2 aromatic carbocycles. The molecule has 142 valence electrons. The summed E-state index contributed by atoms with van der Waals surface area (Å²) in [6, 6.07) is 12.6. The quantitative estimate of drug-likeness (QED) is 0.488. The fraction of sp³-hybridized carbons (Fsp3) is 0.227. The molecule has 0 radical (unpaired) electrons. The van der Waals surface area contributed by atoms with E-state index >= 15 is 0 Å². The number of nitrogens with one attached hydrogen (secondary N) is 1. The Morgan fingerprint density at radius 2 is 1.64 bits per heavy atom. The molecule has 1 saturated heterocycles. The van der Waals surface area contributed by atoms with Gasteiger partial charge in [-0.3, -0.25) is 19.3 Å². The summed E-state index contributed by atoms with van der Waals surface area (Å²) in [4.78, 5) is 39.1. The van der Waals surface area contributed by atoms with Gasteiger partial charge in [-0.25, -0.2) is 0 Å². The first-order valence-corrected chi connectivity index (χ1v) is 9.18. The van der Waals surface area contributed by atoms with Crippen molar-refractivity contribution < 1.29 is 19.5 Å². The SMILES string of the molecule is CC1=CC[C@@H]2C(=O)N(c3ccc(C(=O)Nc4ccc(O)cc4)cc3)C(=O)[C@@H]2C1. The lowest BCUT2D eigenvalue weighted by Gasteiger charge is -2.18. The maximum Gasteiger partial charge on any atom is 0.255 e. The smallest absolute Gasteiger partial charge is 0.255 e. The van der Waals surface area contributed by atoms with Gasteiger partial charge in [-0.15, -0.1) is 0 Å². The molecule has 3 amide bonds. The molecule has 6 nitrogen and oxygen atoms in total. The third-order valence-electron chi connectivity index (χ3n) is 5.34. The molecule has 2 aliphatic rings. The molecule has 0 aromatic heterocycles. The molecule has 1 aliphatic carbocycles. The molecule has 1 aliphatic heterocycles. The second kappa shape index (κ2) is 6.96. The highest BCUT2D eigenvalue weighted by atomic mass is 16.3. The van der Waals surface area contributed by atoms with Crippen LogP contribution in [0, 0.1) is 11.8 Å². The number of allylic oxidation sites excluding steroid dienone is 2. The second-order valence-electron chi connectivity index (χ2n) is 7.26. The van der Waals surface area contributed by atoms with Gasteiger partial charge in [-0.1, -0.05) is 11.6 Å². The number of benzene rings is 2. The number of aromatic hydroxyl groups is 1. The summed E-state index contributed by atoms with van der Waals surface area (Å²) in [7, 11) is 0. The normalized spacial score (nSPS) is 21.3. The Balaban J connectivity index is 1.50. The Bertz CT molecular complexity index is 977. The van der Waals surface area contributed by atoms with Crippen molar-refractivity contribution >= 4 is 29.1 Å². The van der Waals surface area contributed by atoms with Crippen molar-refractivity contribution in [1.29, 1.82) is 0 Å². The first kappa shape index (κ1) is 18.0. The number of rotatable bonds is 3. The molecule has 28 heavy (non-hydrogen) atoms. The summed E-state index contributed by atoms with van der Waals surface area (Å²) in [6.45, 7) is 1.98. The van der Waals surface area contributed by atoms with Crippen LogP contribution in [0.15, 0.2) is 60.2 Å². The highest BCUT2D eigenvalue weighted by molar-refractivity contribution is 6.22.